The molecule has 1 saturated carbocycles. The van der Waals surface area contributed by atoms with E-state index in [4.69, 9.17) is 11.6 Å². The lowest BCUT2D eigenvalue weighted by atomic mass is 10.2. The number of anilines is 1. The zero-order chi connectivity index (χ0) is 13.0. The van der Waals surface area contributed by atoms with Crippen LogP contribution in [0.1, 0.15) is 25.7 Å². The van der Waals surface area contributed by atoms with Crippen molar-refractivity contribution in [1.29, 1.82) is 0 Å². The summed E-state index contributed by atoms with van der Waals surface area (Å²) in [7, 11) is 2.03. The molecule has 98 valence electrons. The second-order valence-corrected chi connectivity index (χ2v) is 5.34. The lowest BCUT2D eigenvalue weighted by molar-refractivity contribution is -0.117. The minimum absolute atomic E-state index is 0.0340. The van der Waals surface area contributed by atoms with E-state index in [0.717, 1.165) is 5.69 Å². The van der Waals surface area contributed by atoms with Gasteiger partial charge < -0.3 is 5.32 Å². The first-order chi connectivity index (χ1) is 8.65. The van der Waals surface area contributed by atoms with Gasteiger partial charge in [-0.25, -0.2) is 0 Å². The number of amides is 1. The van der Waals surface area contributed by atoms with Gasteiger partial charge in [0.2, 0.25) is 5.91 Å². The summed E-state index contributed by atoms with van der Waals surface area (Å²) in [4.78, 5) is 14.0. The van der Waals surface area contributed by atoms with Gasteiger partial charge in [-0.05, 0) is 44.2 Å². The summed E-state index contributed by atoms with van der Waals surface area (Å²) in [6, 6.07) is 7.75. The maximum Gasteiger partial charge on any atom is 0.238 e. The summed E-state index contributed by atoms with van der Waals surface area (Å²) >= 11 is 5.80. The Kier molecular flexibility index (Phi) is 4.61. The number of nitrogens with zero attached hydrogens (tertiary/aromatic N) is 1. The van der Waals surface area contributed by atoms with Gasteiger partial charge in [-0.1, -0.05) is 24.4 Å². The normalized spacial score (nSPS) is 16.2. The molecule has 1 amide bonds. The summed E-state index contributed by atoms with van der Waals surface area (Å²) < 4.78 is 0. The van der Waals surface area contributed by atoms with Crippen molar-refractivity contribution >= 4 is 23.2 Å². The van der Waals surface area contributed by atoms with Crippen LogP contribution in [0.5, 0.6) is 0 Å². The van der Waals surface area contributed by atoms with Crippen LogP contribution in [-0.2, 0) is 4.79 Å². The van der Waals surface area contributed by atoms with Gasteiger partial charge in [-0.3, -0.25) is 9.69 Å². The Balaban J connectivity index is 1.82. The topological polar surface area (TPSA) is 32.3 Å². The number of carbonyl (C=O) groups excluding carboxylic acids is 1. The molecular formula is C14H19ClN2O. The summed E-state index contributed by atoms with van der Waals surface area (Å²) in [6.45, 7) is 0.452. The predicted octanol–water partition coefficient (Wildman–Crippen LogP) is 3.15. The Morgan fingerprint density at radius 3 is 2.56 bits per heavy atom. The van der Waals surface area contributed by atoms with Crippen molar-refractivity contribution in [3.8, 4) is 0 Å². The Morgan fingerprint density at radius 2 is 1.94 bits per heavy atom. The van der Waals surface area contributed by atoms with E-state index in [0.29, 0.717) is 17.6 Å². The average molecular weight is 267 g/mol. The molecule has 1 N–H and O–H groups in total. The number of carbonyl (C=O) groups is 1. The van der Waals surface area contributed by atoms with Crippen molar-refractivity contribution in [1.82, 2.24) is 4.90 Å². The van der Waals surface area contributed by atoms with Gasteiger partial charge in [0.1, 0.15) is 0 Å². The van der Waals surface area contributed by atoms with Crippen LogP contribution in [-0.4, -0.2) is 30.4 Å². The maximum absolute atomic E-state index is 11.9. The third-order valence-corrected chi connectivity index (χ3v) is 3.72. The van der Waals surface area contributed by atoms with E-state index in [1.807, 2.05) is 19.2 Å². The van der Waals surface area contributed by atoms with E-state index in [2.05, 4.69) is 10.2 Å². The van der Waals surface area contributed by atoms with Crippen LogP contribution >= 0.6 is 11.6 Å². The molecule has 18 heavy (non-hydrogen) atoms. The van der Waals surface area contributed by atoms with Crippen LogP contribution in [0, 0.1) is 0 Å². The molecule has 4 heteroatoms. The Labute approximate surface area is 113 Å². The Hall–Kier alpha value is -1.06. The van der Waals surface area contributed by atoms with Crippen LogP contribution in [0.15, 0.2) is 24.3 Å². The maximum atomic E-state index is 11.9. The highest BCUT2D eigenvalue weighted by molar-refractivity contribution is 6.30. The van der Waals surface area contributed by atoms with Crippen molar-refractivity contribution < 1.29 is 4.79 Å². The Morgan fingerprint density at radius 1 is 1.33 bits per heavy atom. The third kappa shape index (κ3) is 3.72. The number of likely N-dealkylation sites (N-methyl/N-ethyl adjacent to an activating group) is 1. The smallest absolute Gasteiger partial charge is 0.238 e. The van der Waals surface area contributed by atoms with E-state index >= 15 is 0 Å². The fourth-order valence-electron chi connectivity index (χ4n) is 2.43. The molecule has 0 spiro atoms. The summed E-state index contributed by atoms with van der Waals surface area (Å²) in [6.07, 6.45) is 5.00. The number of nitrogens with one attached hydrogen (secondary N) is 1. The summed E-state index contributed by atoms with van der Waals surface area (Å²) in [5, 5.41) is 3.56. The van der Waals surface area contributed by atoms with Gasteiger partial charge in [0.25, 0.3) is 0 Å². The SMILES string of the molecule is CN(CC(=O)Nc1ccc(Cl)cc1)C1CCCC1. The van der Waals surface area contributed by atoms with E-state index in [-0.39, 0.29) is 5.91 Å². The molecule has 1 aromatic rings. The molecular weight excluding hydrogens is 248 g/mol. The van der Waals surface area contributed by atoms with Crippen molar-refractivity contribution in [2.75, 3.05) is 18.9 Å². The van der Waals surface area contributed by atoms with Crippen LogP contribution < -0.4 is 5.32 Å². The molecule has 0 saturated heterocycles. The van der Waals surface area contributed by atoms with Crippen molar-refractivity contribution in [2.45, 2.75) is 31.7 Å². The van der Waals surface area contributed by atoms with E-state index < -0.39 is 0 Å². The predicted molar refractivity (Wildman–Crippen MR) is 75.0 cm³/mol. The van der Waals surface area contributed by atoms with Gasteiger partial charge in [-0.15, -0.1) is 0 Å². The third-order valence-electron chi connectivity index (χ3n) is 3.47. The van der Waals surface area contributed by atoms with Crippen molar-refractivity contribution in [2.24, 2.45) is 0 Å². The molecule has 1 aromatic carbocycles. The number of halogens is 1. The molecule has 1 aliphatic carbocycles. The van der Waals surface area contributed by atoms with Crippen LogP contribution in [0.25, 0.3) is 0 Å². The zero-order valence-electron chi connectivity index (χ0n) is 10.7. The number of hydrogen-bond donors (Lipinski definition) is 1. The van der Waals surface area contributed by atoms with Gasteiger partial charge in [0, 0.05) is 16.8 Å². The molecule has 0 aromatic heterocycles. The van der Waals surface area contributed by atoms with Crippen LogP contribution in [0.4, 0.5) is 5.69 Å². The molecule has 0 heterocycles. The lowest BCUT2D eigenvalue weighted by Crippen LogP contribution is -2.36. The van der Waals surface area contributed by atoms with Gasteiger partial charge in [-0.2, -0.15) is 0 Å². The zero-order valence-corrected chi connectivity index (χ0v) is 11.4. The first-order valence-corrected chi connectivity index (χ1v) is 6.78. The highest BCUT2D eigenvalue weighted by Crippen LogP contribution is 2.22. The first-order valence-electron chi connectivity index (χ1n) is 6.41. The molecule has 2 rings (SSSR count). The standard InChI is InChI=1S/C14H19ClN2O/c1-17(13-4-2-3-5-13)10-14(18)16-12-8-6-11(15)7-9-12/h6-9,13H,2-5,10H2,1H3,(H,16,18). The monoisotopic (exact) mass is 266 g/mol. The minimum Gasteiger partial charge on any atom is -0.325 e. The van der Waals surface area contributed by atoms with E-state index in [9.17, 15) is 4.79 Å². The molecule has 1 fully saturated rings. The molecule has 1 aliphatic rings. The molecule has 0 radical (unpaired) electrons. The average Bonchev–Trinajstić information content (AvgIpc) is 2.85. The Bertz CT molecular complexity index is 399. The molecule has 0 aliphatic heterocycles. The van der Waals surface area contributed by atoms with Crippen LogP contribution in [0.3, 0.4) is 0 Å². The first kappa shape index (κ1) is 13.4. The number of hydrogen-bond acceptors (Lipinski definition) is 2. The minimum atomic E-state index is 0.0340. The van der Waals surface area contributed by atoms with Crippen LogP contribution in [0.2, 0.25) is 5.02 Å². The molecule has 0 bridgehead atoms. The second-order valence-electron chi connectivity index (χ2n) is 4.91. The van der Waals surface area contributed by atoms with Gasteiger partial charge in [0.15, 0.2) is 0 Å². The fraction of sp³-hybridized carbons (Fsp3) is 0.500. The molecule has 0 unspecified atom stereocenters. The van der Waals surface area contributed by atoms with Gasteiger partial charge in [0.05, 0.1) is 6.54 Å². The van der Waals surface area contributed by atoms with E-state index in [1.165, 1.54) is 25.7 Å². The lowest BCUT2D eigenvalue weighted by Gasteiger charge is -2.23. The summed E-state index contributed by atoms with van der Waals surface area (Å²) in [5.41, 5.74) is 0.796. The highest BCUT2D eigenvalue weighted by Gasteiger charge is 2.20. The highest BCUT2D eigenvalue weighted by atomic mass is 35.5. The van der Waals surface area contributed by atoms with Crippen molar-refractivity contribution in [3.63, 3.8) is 0 Å². The van der Waals surface area contributed by atoms with Gasteiger partial charge >= 0.3 is 0 Å². The molecule has 3 nitrogen and oxygen atoms in total. The van der Waals surface area contributed by atoms with E-state index in [1.54, 1.807) is 12.1 Å². The second kappa shape index (κ2) is 6.21. The quantitative estimate of drug-likeness (QED) is 0.908. The molecule has 0 atom stereocenters. The largest absolute Gasteiger partial charge is 0.325 e. The number of benzene rings is 1. The number of rotatable bonds is 4. The fourth-order valence-corrected chi connectivity index (χ4v) is 2.56. The van der Waals surface area contributed by atoms with Crippen molar-refractivity contribution in [3.05, 3.63) is 29.3 Å². The summed E-state index contributed by atoms with van der Waals surface area (Å²) in [5.74, 6) is 0.0340.